The minimum Gasteiger partial charge on any atom is -0.347 e. The molecular weight excluding hydrogens is 574 g/mol. The molecule has 0 aromatic carbocycles. The highest BCUT2D eigenvalue weighted by molar-refractivity contribution is 4.95. The maximum Gasteiger partial charge on any atom is 0.169 e. The van der Waals surface area contributed by atoms with Gasteiger partial charge in [-0.05, 0) is 64.8 Å². The second-order valence-corrected chi connectivity index (χ2v) is 15.7. The number of piperidine rings is 1. The standard InChI is InChI=1S/C44H83NO2/c1-4-6-8-10-12-14-16-18-20-22-24-26-28-30-32-34-36-44(46-42-43(47-44)38-40-45(3)41-39-43)37-35-33-31-29-27-25-23-21-19-17-15-13-11-9-7-5-2/h12,14,18,20H,4-11,13,15-17,19,21-42H2,1-3H3/b14-12-,20-18-. The number of hydrogen-bond acceptors (Lipinski definition) is 3. The van der Waals surface area contributed by atoms with Gasteiger partial charge in [-0.2, -0.15) is 0 Å². The van der Waals surface area contributed by atoms with E-state index >= 15 is 0 Å². The van der Waals surface area contributed by atoms with Crippen LogP contribution in [0.1, 0.15) is 219 Å². The predicted octanol–water partition coefficient (Wildman–Crippen LogP) is 14.0. The van der Waals surface area contributed by atoms with Crippen molar-refractivity contribution >= 4 is 0 Å². The summed E-state index contributed by atoms with van der Waals surface area (Å²) < 4.78 is 13.7. The number of unbranched alkanes of at least 4 members (excludes halogenated alkanes) is 24. The van der Waals surface area contributed by atoms with Crippen LogP contribution in [0.3, 0.4) is 0 Å². The first kappa shape index (κ1) is 42.5. The fourth-order valence-corrected chi connectivity index (χ4v) is 7.69. The largest absolute Gasteiger partial charge is 0.347 e. The molecule has 47 heavy (non-hydrogen) atoms. The molecule has 0 bridgehead atoms. The van der Waals surface area contributed by atoms with Gasteiger partial charge in [-0.15, -0.1) is 0 Å². The molecule has 3 nitrogen and oxygen atoms in total. The highest BCUT2D eigenvalue weighted by atomic mass is 16.8. The molecule has 2 heterocycles. The number of allylic oxidation sites excluding steroid dienone is 4. The first-order chi connectivity index (χ1) is 23.1. The molecule has 0 aromatic rings. The van der Waals surface area contributed by atoms with E-state index in [0.717, 1.165) is 51.8 Å². The van der Waals surface area contributed by atoms with Gasteiger partial charge in [0.2, 0.25) is 0 Å². The van der Waals surface area contributed by atoms with E-state index in [1.807, 2.05) is 0 Å². The van der Waals surface area contributed by atoms with Crippen molar-refractivity contribution in [2.24, 2.45) is 0 Å². The Morgan fingerprint density at radius 1 is 0.489 bits per heavy atom. The Balaban J connectivity index is 1.53. The summed E-state index contributed by atoms with van der Waals surface area (Å²) in [6.45, 7) is 7.69. The van der Waals surface area contributed by atoms with E-state index in [1.54, 1.807) is 0 Å². The van der Waals surface area contributed by atoms with Crippen molar-refractivity contribution in [3.8, 4) is 0 Å². The van der Waals surface area contributed by atoms with Crippen LogP contribution >= 0.6 is 0 Å². The second-order valence-electron chi connectivity index (χ2n) is 15.7. The van der Waals surface area contributed by atoms with Crippen molar-refractivity contribution in [3.05, 3.63) is 24.3 Å². The van der Waals surface area contributed by atoms with Gasteiger partial charge >= 0.3 is 0 Å². The van der Waals surface area contributed by atoms with E-state index in [1.165, 1.54) is 173 Å². The van der Waals surface area contributed by atoms with Crippen LogP contribution < -0.4 is 0 Å². The lowest BCUT2D eigenvalue weighted by Crippen LogP contribution is -2.46. The maximum absolute atomic E-state index is 7.01. The summed E-state index contributed by atoms with van der Waals surface area (Å²) in [6.07, 6.45) is 52.3. The SMILES string of the molecule is CCCCC/C=C\C/C=C\CCCCCCCCC1(CCCCCCCCCCCCCCCCCC)OCC2(CCN(C)CC2)O1. The molecule has 0 aromatic heterocycles. The molecule has 0 radical (unpaired) electrons. The summed E-state index contributed by atoms with van der Waals surface area (Å²) in [5.41, 5.74) is -0.0140. The van der Waals surface area contributed by atoms with Crippen LogP contribution in [0, 0.1) is 0 Å². The molecule has 0 saturated carbocycles. The lowest BCUT2D eigenvalue weighted by atomic mass is 9.92. The molecule has 1 atom stereocenters. The third kappa shape index (κ3) is 21.9. The smallest absolute Gasteiger partial charge is 0.169 e. The molecule has 0 aliphatic carbocycles. The van der Waals surface area contributed by atoms with E-state index < -0.39 is 0 Å². The fraction of sp³-hybridized carbons (Fsp3) is 0.909. The van der Waals surface area contributed by atoms with E-state index in [0.29, 0.717) is 0 Å². The van der Waals surface area contributed by atoms with Gasteiger partial charge in [-0.3, -0.25) is 0 Å². The molecule has 2 saturated heterocycles. The molecule has 0 N–H and O–H groups in total. The Labute approximate surface area is 295 Å². The van der Waals surface area contributed by atoms with Crippen molar-refractivity contribution in [2.75, 3.05) is 26.7 Å². The zero-order chi connectivity index (χ0) is 33.6. The van der Waals surface area contributed by atoms with Gasteiger partial charge in [0.05, 0.1) is 12.2 Å². The Morgan fingerprint density at radius 2 is 0.872 bits per heavy atom. The lowest BCUT2D eigenvalue weighted by Gasteiger charge is -2.38. The zero-order valence-electron chi connectivity index (χ0n) is 32.3. The summed E-state index contributed by atoms with van der Waals surface area (Å²) in [5, 5.41) is 0. The minimum atomic E-state index is -0.304. The van der Waals surface area contributed by atoms with Crippen LogP contribution in [-0.2, 0) is 9.47 Å². The second kappa shape index (κ2) is 29.1. The predicted molar refractivity (Wildman–Crippen MR) is 207 cm³/mol. The summed E-state index contributed by atoms with van der Waals surface area (Å²) >= 11 is 0. The third-order valence-corrected chi connectivity index (χ3v) is 11.1. The van der Waals surface area contributed by atoms with Gasteiger partial charge in [0.25, 0.3) is 0 Å². The van der Waals surface area contributed by atoms with E-state index in [9.17, 15) is 0 Å². The number of rotatable bonds is 32. The van der Waals surface area contributed by atoms with Crippen molar-refractivity contribution in [1.82, 2.24) is 4.90 Å². The van der Waals surface area contributed by atoms with Crippen molar-refractivity contribution in [3.63, 3.8) is 0 Å². The molecule has 276 valence electrons. The van der Waals surface area contributed by atoms with Crippen LogP contribution in [0.4, 0.5) is 0 Å². The first-order valence-corrected chi connectivity index (χ1v) is 21.5. The molecule has 0 amide bonds. The molecule has 2 aliphatic rings. The van der Waals surface area contributed by atoms with Crippen LogP contribution in [0.5, 0.6) is 0 Å². The summed E-state index contributed by atoms with van der Waals surface area (Å²) in [7, 11) is 2.25. The zero-order valence-corrected chi connectivity index (χ0v) is 32.3. The Hall–Kier alpha value is -0.640. The highest BCUT2D eigenvalue weighted by Crippen LogP contribution is 2.43. The number of ether oxygens (including phenoxy) is 2. The third-order valence-electron chi connectivity index (χ3n) is 11.1. The molecular formula is C44H83NO2. The molecule has 2 rings (SSSR count). The fourth-order valence-electron chi connectivity index (χ4n) is 7.69. The minimum absolute atomic E-state index is 0.0140. The van der Waals surface area contributed by atoms with Gasteiger partial charge in [-0.25, -0.2) is 0 Å². The summed E-state index contributed by atoms with van der Waals surface area (Å²) in [6, 6.07) is 0. The summed E-state index contributed by atoms with van der Waals surface area (Å²) in [5.74, 6) is -0.304. The van der Waals surface area contributed by atoms with E-state index in [4.69, 9.17) is 9.47 Å². The van der Waals surface area contributed by atoms with Gasteiger partial charge in [-0.1, -0.05) is 173 Å². The van der Waals surface area contributed by atoms with Gasteiger partial charge in [0.15, 0.2) is 5.79 Å². The first-order valence-electron chi connectivity index (χ1n) is 21.5. The highest BCUT2D eigenvalue weighted by Gasteiger charge is 2.50. The Morgan fingerprint density at radius 3 is 1.34 bits per heavy atom. The van der Waals surface area contributed by atoms with Crippen molar-refractivity contribution in [2.45, 2.75) is 231 Å². The van der Waals surface area contributed by atoms with Crippen LogP contribution in [0.2, 0.25) is 0 Å². The Kier molecular flexibility index (Phi) is 26.4. The Bertz CT molecular complexity index is 739. The van der Waals surface area contributed by atoms with E-state index in [-0.39, 0.29) is 11.4 Å². The molecule has 3 heteroatoms. The van der Waals surface area contributed by atoms with Gasteiger partial charge in [0, 0.05) is 25.9 Å². The normalized spacial score (nSPS) is 20.1. The monoisotopic (exact) mass is 658 g/mol. The average molecular weight is 658 g/mol. The molecule has 1 spiro atoms. The van der Waals surface area contributed by atoms with E-state index in [2.05, 4.69) is 50.1 Å². The van der Waals surface area contributed by atoms with Crippen LogP contribution in [0.15, 0.2) is 24.3 Å². The number of hydrogen-bond donors (Lipinski definition) is 0. The van der Waals surface area contributed by atoms with Gasteiger partial charge in [0.1, 0.15) is 0 Å². The topological polar surface area (TPSA) is 21.7 Å². The number of nitrogens with zero attached hydrogens (tertiary/aromatic N) is 1. The molecule has 2 fully saturated rings. The van der Waals surface area contributed by atoms with Crippen LogP contribution in [-0.4, -0.2) is 43.0 Å². The van der Waals surface area contributed by atoms with Crippen molar-refractivity contribution in [1.29, 1.82) is 0 Å². The average Bonchev–Trinajstić information content (AvgIpc) is 3.43. The number of likely N-dealkylation sites (tertiary alicyclic amines) is 1. The van der Waals surface area contributed by atoms with Crippen LogP contribution in [0.25, 0.3) is 0 Å². The lowest BCUT2D eigenvalue weighted by molar-refractivity contribution is -0.204. The quantitative estimate of drug-likeness (QED) is 0.0531. The maximum atomic E-state index is 7.01. The van der Waals surface area contributed by atoms with Gasteiger partial charge < -0.3 is 14.4 Å². The summed E-state index contributed by atoms with van der Waals surface area (Å²) in [4.78, 5) is 2.45. The van der Waals surface area contributed by atoms with Crippen molar-refractivity contribution < 1.29 is 9.47 Å². The molecule has 1 unspecified atom stereocenters. The molecule has 2 aliphatic heterocycles.